The number of rotatable bonds is 4. The SMILES string of the molecule is CC(C)(C)CN(Cc1cccc(CO)c1)C(=O)O. The van der Waals surface area contributed by atoms with Crippen molar-refractivity contribution >= 4 is 6.09 Å². The number of carbonyl (C=O) groups is 1. The van der Waals surface area contributed by atoms with E-state index < -0.39 is 6.09 Å². The first-order valence-corrected chi connectivity index (χ1v) is 5.98. The van der Waals surface area contributed by atoms with Crippen LogP contribution in [0.1, 0.15) is 31.9 Å². The number of aliphatic hydroxyl groups is 1. The summed E-state index contributed by atoms with van der Waals surface area (Å²) in [5.41, 5.74) is 1.62. The molecule has 0 atom stereocenters. The molecule has 1 aromatic rings. The Morgan fingerprint density at radius 2 is 1.89 bits per heavy atom. The molecule has 0 heterocycles. The molecular weight excluding hydrogens is 230 g/mol. The summed E-state index contributed by atoms with van der Waals surface area (Å²) in [5, 5.41) is 18.3. The Kier molecular flexibility index (Phi) is 4.73. The third-order valence-electron chi connectivity index (χ3n) is 2.48. The van der Waals surface area contributed by atoms with Gasteiger partial charge in [-0.05, 0) is 16.5 Å². The van der Waals surface area contributed by atoms with Gasteiger partial charge in [-0.3, -0.25) is 0 Å². The van der Waals surface area contributed by atoms with Gasteiger partial charge < -0.3 is 15.1 Å². The summed E-state index contributed by atoms with van der Waals surface area (Å²) in [5.74, 6) is 0. The lowest BCUT2D eigenvalue weighted by atomic mass is 9.96. The molecule has 2 N–H and O–H groups in total. The van der Waals surface area contributed by atoms with Gasteiger partial charge in [0.1, 0.15) is 0 Å². The molecule has 1 rings (SSSR count). The molecule has 4 nitrogen and oxygen atoms in total. The zero-order valence-corrected chi connectivity index (χ0v) is 11.2. The molecule has 0 saturated carbocycles. The van der Waals surface area contributed by atoms with E-state index >= 15 is 0 Å². The lowest BCUT2D eigenvalue weighted by Crippen LogP contribution is -2.36. The first kappa shape index (κ1) is 14.5. The normalized spacial score (nSPS) is 11.3. The highest BCUT2D eigenvalue weighted by Crippen LogP contribution is 2.17. The molecule has 0 bridgehead atoms. The minimum atomic E-state index is -0.917. The van der Waals surface area contributed by atoms with Gasteiger partial charge in [0, 0.05) is 13.1 Å². The molecule has 0 aromatic heterocycles. The van der Waals surface area contributed by atoms with E-state index in [2.05, 4.69) is 0 Å². The van der Waals surface area contributed by atoms with Crippen molar-refractivity contribution in [3.8, 4) is 0 Å². The number of hydrogen-bond acceptors (Lipinski definition) is 2. The maximum Gasteiger partial charge on any atom is 0.407 e. The zero-order valence-electron chi connectivity index (χ0n) is 11.2. The molecule has 0 saturated heterocycles. The van der Waals surface area contributed by atoms with Gasteiger partial charge in [-0.25, -0.2) is 4.79 Å². The van der Waals surface area contributed by atoms with E-state index in [9.17, 15) is 9.90 Å². The van der Waals surface area contributed by atoms with Gasteiger partial charge in [0.05, 0.1) is 6.61 Å². The van der Waals surface area contributed by atoms with Crippen LogP contribution < -0.4 is 0 Å². The van der Waals surface area contributed by atoms with Crippen LogP contribution in [0.25, 0.3) is 0 Å². The number of nitrogens with zero attached hydrogens (tertiary/aromatic N) is 1. The Labute approximate surface area is 108 Å². The molecule has 0 aliphatic carbocycles. The van der Waals surface area contributed by atoms with Gasteiger partial charge >= 0.3 is 6.09 Å². The van der Waals surface area contributed by atoms with Crippen molar-refractivity contribution < 1.29 is 15.0 Å². The van der Waals surface area contributed by atoms with Crippen LogP contribution in [0.5, 0.6) is 0 Å². The molecule has 0 radical (unpaired) electrons. The molecular formula is C14H21NO3. The Balaban J connectivity index is 2.80. The number of amides is 1. The van der Waals surface area contributed by atoms with Crippen LogP contribution in [0.15, 0.2) is 24.3 Å². The number of benzene rings is 1. The minimum absolute atomic E-state index is 0.0276. The van der Waals surface area contributed by atoms with Crippen molar-refractivity contribution in [1.29, 1.82) is 0 Å². The van der Waals surface area contributed by atoms with Crippen molar-refractivity contribution in [2.24, 2.45) is 5.41 Å². The fourth-order valence-electron chi connectivity index (χ4n) is 1.81. The average molecular weight is 251 g/mol. The van der Waals surface area contributed by atoms with Gasteiger partial charge in [0.25, 0.3) is 0 Å². The van der Waals surface area contributed by atoms with Crippen LogP contribution >= 0.6 is 0 Å². The zero-order chi connectivity index (χ0) is 13.8. The van der Waals surface area contributed by atoms with Crippen LogP contribution in [0.4, 0.5) is 4.79 Å². The lowest BCUT2D eigenvalue weighted by Gasteiger charge is -2.27. The van der Waals surface area contributed by atoms with E-state index in [0.717, 1.165) is 11.1 Å². The summed E-state index contributed by atoms with van der Waals surface area (Å²) >= 11 is 0. The minimum Gasteiger partial charge on any atom is -0.465 e. The maximum absolute atomic E-state index is 11.2. The second kappa shape index (κ2) is 5.87. The van der Waals surface area contributed by atoms with Gasteiger partial charge in [-0.2, -0.15) is 0 Å². The Morgan fingerprint density at radius 1 is 1.28 bits per heavy atom. The molecule has 100 valence electrons. The summed E-state index contributed by atoms with van der Waals surface area (Å²) in [6.07, 6.45) is -0.917. The van der Waals surface area contributed by atoms with Crippen molar-refractivity contribution in [2.75, 3.05) is 6.54 Å². The highest BCUT2D eigenvalue weighted by molar-refractivity contribution is 5.65. The molecule has 0 aliphatic heterocycles. The van der Waals surface area contributed by atoms with Gasteiger partial charge in [0.2, 0.25) is 0 Å². The molecule has 18 heavy (non-hydrogen) atoms. The summed E-state index contributed by atoms with van der Waals surface area (Å²) in [7, 11) is 0. The fourth-order valence-corrected chi connectivity index (χ4v) is 1.81. The molecule has 0 fully saturated rings. The molecule has 1 aromatic carbocycles. The summed E-state index contributed by atoms with van der Waals surface area (Å²) in [6.45, 7) is 6.82. The fraction of sp³-hybridized carbons (Fsp3) is 0.500. The van der Waals surface area contributed by atoms with Crippen molar-refractivity contribution in [3.63, 3.8) is 0 Å². The molecule has 0 aliphatic rings. The van der Waals surface area contributed by atoms with Crippen LogP contribution in [-0.2, 0) is 13.2 Å². The number of hydrogen-bond donors (Lipinski definition) is 2. The third-order valence-corrected chi connectivity index (χ3v) is 2.48. The monoisotopic (exact) mass is 251 g/mol. The summed E-state index contributed by atoms with van der Waals surface area (Å²) < 4.78 is 0. The van der Waals surface area contributed by atoms with Crippen LogP contribution in [0.3, 0.4) is 0 Å². The second-order valence-electron chi connectivity index (χ2n) is 5.68. The molecule has 0 spiro atoms. The first-order chi connectivity index (χ1) is 8.31. The molecule has 1 amide bonds. The van der Waals surface area contributed by atoms with Gasteiger partial charge in [-0.15, -0.1) is 0 Å². The summed E-state index contributed by atoms with van der Waals surface area (Å²) in [4.78, 5) is 12.6. The average Bonchev–Trinajstić information content (AvgIpc) is 2.26. The van der Waals surface area contributed by atoms with E-state index in [4.69, 9.17) is 5.11 Å². The van der Waals surface area contributed by atoms with Crippen LogP contribution in [0.2, 0.25) is 0 Å². The second-order valence-corrected chi connectivity index (χ2v) is 5.68. The number of aliphatic hydroxyl groups excluding tert-OH is 1. The predicted molar refractivity (Wildman–Crippen MR) is 70.3 cm³/mol. The van der Waals surface area contributed by atoms with Crippen molar-refractivity contribution in [3.05, 3.63) is 35.4 Å². The van der Waals surface area contributed by atoms with E-state index in [-0.39, 0.29) is 12.0 Å². The smallest absolute Gasteiger partial charge is 0.407 e. The first-order valence-electron chi connectivity index (χ1n) is 5.98. The van der Waals surface area contributed by atoms with Crippen LogP contribution in [-0.4, -0.2) is 27.8 Å². The number of carboxylic acid groups (broad SMARTS) is 1. The Bertz CT molecular complexity index is 410. The highest BCUT2D eigenvalue weighted by Gasteiger charge is 2.20. The van der Waals surface area contributed by atoms with E-state index in [0.29, 0.717) is 13.1 Å². The largest absolute Gasteiger partial charge is 0.465 e. The van der Waals surface area contributed by atoms with E-state index in [1.165, 1.54) is 4.90 Å². The quantitative estimate of drug-likeness (QED) is 0.865. The lowest BCUT2D eigenvalue weighted by molar-refractivity contribution is 0.123. The summed E-state index contributed by atoms with van der Waals surface area (Å²) in [6, 6.07) is 7.35. The van der Waals surface area contributed by atoms with Gasteiger partial charge in [-0.1, -0.05) is 45.0 Å². The molecule has 4 heteroatoms. The Morgan fingerprint density at radius 3 is 2.39 bits per heavy atom. The van der Waals surface area contributed by atoms with E-state index in [1.807, 2.05) is 45.0 Å². The van der Waals surface area contributed by atoms with Crippen molar-refractivity contribution in [1.82, 2.24) is 4.90 Å². The Hall–Kier alpha value is -1.55. The standard InChI is InChI=1S/C14H21NO3/c1-14(2,3)10-15(13(17)18)8-11-5-4-6-12(7-11)9-16/h4-7,16H,8-10H2,1-3H3,(H,17,18). The maximum atomic E-state index is 11.2. The topological polar surface area (TPSA) is 60.8 Å². The highest BCUT2D eigenvalue weighted by atomic mass is 16.4. The third kappa shape index (κ3) is 4.75. The van der Waals surface area contributed by atoms with Crippen LogP contribution in [0, 0.1) is 5.41 Å². The molecule has 0 unspecified atom stereocenters. The van der Waals surface area contributed by atoms with E-state index in [1.54, 1.807) is 0 Å². The predicted octanol–water partition coefficient (Wildman–Crippen LogP) is 2.71. The van der Waals surface area contributed by atoms with Crippen molar-refractivity contribution in [2.45, 2.75) is 33.9 Å². The van der Waals surface area contributed by atoms with Gasteiger partial charge in [0.15, 0.2) is 0 Å².